The van der Waals surface area contributed by atoms with Gasteiger partial charge in [-0.3, -0.25) is 9.47 Å². The quantitative estimate of drug-likeness (QED) is 0.394. The van der Waals surface area contributed by atoms with E-state index in [2.05, 4.69) is 26.5 Å². The highest BCUT2D eigenvalue weighted by Gasteiger charge is 2.47. The Morgan fingerprint density at radius 2 is 2.04 bits per heavy atom. The van der Waals surface area contributed by atoms with Crippen LogP contribution in [-0.4, -0.2) is 40.5 Å². The third kappa shape index (κ3) is 1.89. The summed E-state index contributed by atoms with van der Waals surface area (Å²) in [6.45, 7) is 0. The minimum Gasteiger partial charge on any atom is -0.382 e. The molecule has 4 heterocycles. The number of hydrogen-bond donors (Lipinski definition) is 1. The summed E-state index contributed by atoms with van der Waals surface area (Å²) >= 11 is 6.52. The number of hydrogen-bond acceptors (Lipinski definition) is 9. The molecule has 0 spiro atoms. The number of aliphatic hydroxyl groups is 1. The summed E-state index contributed by atoms with van der Waals surface area (Å²) in [5.74, 6) is 1.85. The molecule has 138 valence electrons. The third-order valence-corrected chi connectivity index (χ3v) is 5.52. The summed E-state index contributed by atoms with van der Waals surface area (Å²) in [6, 6.07) is 7.59. The van der Waals surface area contributed by atoms with Gasteiger partial charge in [0.25, 0.3) is 5.89 Å². The van der Waals surface area contributed by atoms with E-state index in [9.17, 15) is 10.4 Å². The number of benzene rings is 1. The molecule has 0 saturated heterocycles. The lowest BCUT2D eigenvalue weighted by Gasteiger charge is -2.32. The Morgan fingerprint density at radius 1 is 1.25 bits per heavy atom. The van der Waals surface area contributed by atoms with E-state index in [1.807, 2.05) is 29.2 Å². The van der Waals surface area contributed by atoms with Crippen molar-refractivity contribution in [3.8, 4) is 29.3 Å². The number of fused-ring (bicyclic) bond motifs is 6. The van der Waals surface area contributed by atoms with Gasteiger partial charge in [-0.05, 0) is 25.0 Å². The minimum absolute atomic E-state index is 0.135. The molecule has 2 aliphatic heterocycles. The van der Waals surface area contributed by atoms with Crippen LogP contribution in [0.3, 0.4) is 0 Å². The van der Waals surface area contributed by atoms with Gasteiger partial charge in [-0.1, -0.05) is 28.9 Å². The van der Waals surface area contributed by atoms with Crippen LogP contribution in [0.2, 0.25) is 0 Å². The molecule has 10 nitrogen and oxygen atoms in total. The van der Waals surface area contributed by atoms with Crippen LogP contribution in [-0.2, 0) is 5.60 Å². The predicted molar refractivity (Wildman–Crippen MR) is 95.7 cm³/mol. The van der Waals surface area contributed by atoms with Crippen molar-refractivity contribution in [2.75, 3.05) is 4.90 Å². The molecule has 1 unspecified atom stereocenters. The first kappa shape index (κ1) is 15.6. The predicted octanol–water partition coefficient (Wildman–Crippen LogP) is 1.87. The smallest absolute Gasteiger partial charge is 0.296 e. The molecule has 1 atom stereocenters. The van der Waals surface area contributed by atoms with Crippen molar-refractivity contribution in [1.29, 1.82) is 5.26 Å². The third-order valence-electron chi connectivity index (χ3n) is 5.11. The Hall–Kier alpha value is -3.42. The monoisotopic (exact) mass is 394 g/mol. The Balaban J connectivity index is 1.57. The van der Waals surface area contributed by atoms with Gasteiger partial charge in [-0.15, -0.1) is 10.2 Å². The molecule has 1 saturated carbocycles. The molecular formula is C17H11ClN8O2. The highest BCUT2D eigenvalue weighted by molar-refractivity contribution is 6.23. The Morgan fingerprint density at radius 3 is 2.82 bits per heavy atom. The summed E-state index contributed by atoms with van der Waals surface area (Å²) < 4.78 is 7.08. The number of halogens is 1. The van der Waals surface area contributed by atoms with Gasteiger partial charge in [-0.2, -0.15) is 10.2 Å². The average molecular weight is 395 g/mol. The second-order valence-corrected chi connectivity index (χ2v) is 7.22. The Labute approximate surface area is 162 Å². The van der Waals surface area contributed by atoms with Crippen LogP contribution in [0.25, 0.3) is 28.9 Å². The second kappa shape index (κ2) is 5.09. The number of para-hydroxylation sites is 1. The first-order valence-electron chi connectivity index (χ1n) is 8.56. The summed E-state index contributed by atoms with van der Waals surface area (Å²) in [5.41, 5.74) is -0.118. The van der Waals surface area contributed by atoms with E-state index >= 15 is 0 Å². The van der Waals surface area contributed by atoms with E-state index in [1.165, 1.54) is 4.90 Å². The van der Waals surface area contributed by atoms with Crippen molar-refractivity contribution in [3.63, 3.8) is 0 Å². The molecule has 2 aromatic heterocycles. The Kier molecular flexibility index (Phi) is 2.84. The van der Waals surface area contributed by atoms with Crippen LogP contribution in [0.4, 0.5) is 5.69 Å². The molecule has 1 aromatic carbocycles. The lowest BCUT2D eigenvalue weighted by Crippen LogP contribution is -2.36. The van der Waals surface area contributed by atoms with Crippen LogP contribution in [0.15, 0.2) is 35.0 Å². The normalized spacial score (nSPS) is 20.9. The first-order valence-corrected chi connectivity index (χ1v) is 9.00. The molecule has 0 bridgehead atoms. The fourth-order valence-corrected chi connectivity index (χ4v) is 3.80. The Bertz CT molecular complexity index is 1200. The average Bonchev–Trinajstić information content (AvgIpc) is 3.11. The fraction of sp³-hybridized carbons (Fsp3) is 0.235. The van der Waals surface area contributed by atoms with Gasteiger partial charge in [0.2, 0.25) is 11.6 Å². The van der Waals surface area contributed by atoms with Crippen LogP contribution in [0, 0.1) is 11.5 Å². The van der Waals surface area contributed by atoms with Gasteiger partial charge in [0.05, 0.1) is 11.9 Å². The zero-order valence-electron chi connectivity index (χ0n) is 14.2. The minimum atomic E-state index is -1.02. The standard InChI is InChI=1S/C17H11ClN8O2/c18-16-24(8-19)7-11-25(16)10-4-2-1-3-9(10)12-21-22-13(26(11)12)14-20-15(23-28-14)17(27)5-6-17/h1-4,7,16,27H,5-6H2. The maximum absolute atomic E-state index is 10.2. The highest BCUT2D eigenvalue weighted by atomic mass is 35.5. The molecular weight excluding hydrogens is 384 g/mol. The molecule has 1 aliphatic carbocycles. The molecule has 1 fully saturated rings. The molecule has 28 heavy (non-hydrogen) atoms. The van der Waals surface area contributed by atoms with E-state index in [-0.39, 0.29) is 11.7 Å². The second-order valence-electron chi connectivity index (χ2n) is 6.83. The van der Waals surface area contributed by atoms with E-state index < -0.39 is 11.2 Å². The van der Waals surface area contributed by atoms with Crippen molar-refractivity contribution in [2.24, 2.45) is 0 Å². The highest BCUT2D eigenvalue weighted by Crippen LogP contribution is 2.47. The zero-order valence-corrected chi connectivity index (χ0v) is 14.9. The largest absolute Gasteiger partial charge is 0.382 e. The number of nitriles is 1. The van der Waals surface area contributed by atoms with Crippen molar-refractivity contribution in [1.82, 2.24) is 29.8 Å². The number of anilines is 1. The maximum Gasteiger partial charge on any atom is 0.296 e. The first-order chi connectivity index (χ1) is 13.6. The van der Waals surface area contributed by atoms with Crippen LogP contribution in [0.5, 0.6) is 0 Å². The van der Waals surface area contributed by atoms with Gasteiger partial charge < -0.3 is 9.63 Å². The number of nitrogens with zero attached hydrogens (tertiary/aromatic N) is 8. The topological polar surface area (TPSA) is 120 Å². The summed E-state index contributed by atoms with van der Waals surface area (Å²) in [7, 11) is 0. The van der Waals surface area contributed by atoms with Crippen molar-refractivity contribution >= 4 is 23.1 Å². The van der Waals surface area contributed by atoms with E-state index in [1.54, 1.807) is 10.8 Å². The van der Waals surface area contributed by atoms with Crippen molar-refractivity contribution in [2.45, 2.75) is 24.1 Å². The molecule has 0 radical (unpaired) electrons. The van der Waals surface area contributed by atoms with E-state index in [0.717, 1.165) is 11.3 Å². The lowest BCUT2D eigenvalue weighted by molar-refractivity contribution is 0.137. The molecule has 11 heteroatoms. The van der Waals surface area contributed by atoms with Gasteiger partial charge in [-0.25, -0.2) is 4.90 Å². The van der Waals surface area contributed by atoms with Crippen molar-refractivity contribution in [3.05, 3.63) is 36.3 Å². The van der Waals surface area contributed by atoms with Crippen LogP contribution >= 0.6 is 11.6 Å². The fourth-order valence-electron chi connectivity index (χ4n) is 3.49. The maximum atomic E-state index is 10.2. The zero-order chi connectivity index (χ0) is 19.0. The molecule has 0 amide bonds. The van der Waals surface area contributed by atoms with Gasteiger partial charge in [0.15, 0.2) is 17.6 Å². The van der Waals surface area contributed by atoms with Crippen LogP contribution < -0.4 is 4.90 Å². The summed E-state index contributed by atoms with van der Waals surface area (Å²) in [5, 5.41) is 32.1. The molecule has 3 aromatic rings. The van der Waals surface area contributed by atoms with Crippen molar-refractivity contribution < 1.29 is 9.63 Å². The van der Waals surface area contributed by atoms with Gasteiger partial charge in [0, 0.05) is 5.56 Å². The lowest BCUT2D eigenvalue weighted by atomic mass is 10.1. The van der Waals surface area contributed by atoms with Gasteiger partial charge >= 0.3 is 0 Å². The summed E-state index contributed by atoms with van der Waals surface area (Å²) in [4.78, 5) is 7.46. The number of alkyl halides is 1. The SMILES string of the molecule is N#CN1C=C2N(c3ccccc3-c3nnc(-c4nc(C5(O)CC5)no4)n32)C1Cl. The van der Waals surface area contributed by atoms with Gasteiger partial charge in [0.1, 0.15) is 11.4 Å². The molecule has 1 N–H and O–H groups in total. The van der Waals surface area contributed by atoms with E-state index in [4.69, 9.17) is 16.1 Å². The molecule has 6 rings (SSSR count). The van der Waals surface area contributed by atoms with E-state index in [0.29, 0.717) is 30.3 Å². The number of rotatable bonds is 2. The van der Waals surface area contributed by atoms with Crippen LogP contribution in [0.1, 0.15) is 18.7 Å². The number of aromatic nitrogens is 5. The summed E-state index contributed by atoms with van der Waals surface area (Å²) in [6.07, 6.45) is 4.88. The molecule has 3 aliphatic rings.